The van der Waals surface area contributed by atoms with Crippen molar-refractivity contribution in [2.45, 2.75) is 12.8 Å². The van der Waals surface area contributed by atoms with Crippen LogP contribution in [0.15, 0.2) is 84.9 Å². The van der Waals surface area contributed by atoms with Gasteiger partial charge in [0.25, 0.3) is 0 Å². The molecule has 0 atom stereocenters. The van der Waals surface area contributed by atoms with Gasteiger partial charge in [-0.25, -0.2) is 0 Å². The molecule has 0 fully saturated rings. The zero-order chi connectivity index (χ0) is 15.7. The number of nitrogens with one attached hydrogen (secondary N) is 1. The molecule has 3 rings (SSSR count). The maximum absolute atomic E-state index is 5.79. The topological polar surface area (TPSA) is 21.3 Å². The van der Waals surface area contributed by atoms with Crippen molar-refractivity contribution in [2.24, 2.45) is 0 Å². The van der Waals surface area contributed by atoms with Gasteiger partial charge in [0.2, 0.25) is 0 Å². The maximum Gasteiger partial charge on any atom is 0.127 e. The Bertz CT molecular complexity index is 693. The Hall–Kier alpha value is -2.74. The average molecular weight is 303 g/mol. The highest BCUT2D eigenvalue weighted by Gasteiger charge is 1.98. The van der Waals surface area contributed by atoms with Gasteiger partial charge in [-0.3, -0.25) is 0 Å². The Balaban J connectivity index is 1.44. The Morgan fingerprint density at radius 1 is 0.652 bits per heavy atom. The first-order chi connectivity index (χ1) is 11.4. The molecule has 0 saturated heterocycles. The highest BCUT2D eigenvalue weighted by atomic mass is 16.5. The maximum atomic E-state index is 5.79. The Morgan fingerprint density at radius 3 is 1.96 bits per heavy atom. The molecular weight excluding hydrogens is 282 g/mol. The highest BCUT2D eigenvalue weighted by Crippen LogP contribution is 2.22. The third kappa shape index (κ3) is 4.89. The molecule has 0 aliphatic heterocycles. The standard InChI is InChI=1S/C21H21NO/c1-3-8-18(9-4-1)10-7-17-22-19-13-15-21(16-14-19)23-20-11-5-2-6-12-20/h1-6,8-9,11-16,22H,7,10,17H2. The van der Waals surface area contributed by atoms with Gasteiger partial charge in [-0.15, -0.1) is 0 Å². The molecule has 2 nitrogen and oxygen atoms in total. The summed E-state index contributed by atoms with van der Waals surface area (Å²) in [4.78, 5) is 0. The summed E-state index contributed by atoms with van der Waals surface area (Å²) in [6.45, 7) is 0.966. The number of ether oxygens (including phenoxy) is 1. The van der Waals surface area contributed by atoms with E-state index in [4.69, 9.17) is 4.74 Å². The van der Waals surface area contributed by atoms with E-state index in [1.165, 1.54) is 5.56 Å². The van der Waals surface area contributed by atoms with Crippen molar-refractivity contribution in [3.05, 3.63) is 90.5 Å². The molecule has 2 heteroatoms. The van der Waals surface area contributed by atoms with Crippen molar-refractivity contribution in [1.82, 2.24) is 0 Å². The van der Waals surface area contributed by atoms with E-state index in [2.05, 4.69) is 47.8 Å². The van der Waals surface area contributed by atoms with Crippen molar-refractivity contribution >= 4 is 5.69 Å². The van der Waals surface area contributed by atoms with E-state index in [0.717, 1.165) is 36.6 Å². The quantitative estimate of drug-likeness (QED) is 0.580. The predicted molar refractivity (Wildman–Crippen MR) is 96.2 cm³/mol. The lowest BCUT2D eigenvalue weighted by atomic mass is 10.1. The first kappa shape index (κ1) is 15.2. The fourth-order valence-electron chi connectivity index (χ4n) is 2.44. The van der Waals surface area contributed by atoms with Gasteiger partial charge >= 0.3 is 0 Å². The third-order valence-corrected chi connectivity index (χ3v) is 3.65. The average Bonchev–Trinajstić information content (AvgIpc) is 2.62. The van der Waals surface area contributed by atoms with Crippen LogP contribution in [0.5, 0.6) is 11.5 Å². The summed E-state index contributed by atoms with van der Waals surface area (Å²) in [5.74, 6) is 1.71. The Labute approximate surface area is 137 Å². The molecular formula is C21H21NO. The van der Waals surface area contributed by atoms with Gasteiger partial charge in [0.1, 0.15) is 11.5 Å². The normalized spacial score (nSPS) is 10.3. The second kappa shape index (κ2) is 8.04. The van der Waals surface area contributed by atoms with E-state index in [0.29, 0.717) is 0 Å². The van der Waals surface area contributed by atoms with Crippen molar-refractivity contribution in [1.29, 1.82) is 0 Å². The van der Waals surface area contributed by atoms with Crippen LogP contribution in [-0.4, -0.2) is 6.54 Å². The number of para-hydroxylation sites is 1. The van der Waals surface area contributed by atoms with Gasteiger partial charge in [-0.2, -0.15) is 0 Å². The molecule has 116 valence electrons. The molecule has 0 aromatic heterocycles. The van der Waals surface area contributed by atoms with Crippen LogP contribution >= 0.6 is 0 Å². The molecule has 0 radical (unpaired) electrons. The van der Waals surface area contributed by atoms with E-state index >= 15 is 0 Å². The number of benzene rings is 3. The molecule has 0 aliphatic carbocycles. The largest absolute Gasteiger partial charge is 0.457 e. The molecule has 0 saturated carbocycles. The fourth-order valence-corrected chi connectivity index (χ4v) is 2.44. The monoisotopic (exact) mass is 303 g/mol. The summed E-state index contributed by atoms with van der Waals surface area (Å²) in [7, 11) is 0. The van der Waals surface area contributed by atoms with Gasteiger partial charge in [0.15, 0.2) is 0 Å². The summed E-state index contributed by atoms with van der Waals surface area (Å²) >= 11 is 0. The molecule has 3 aromatic rings. The summed E-state index contributed by atoms with van der Waals surface area (Å²) in [5, 5.41) is 3.45. The smallest absolute Gasteiger partial charge is 0.127 e. The number of anilines is 1. The lowest BCUT2D eigenvalue weighted by Gasteiger charge is -2.09. The van der Waals surface area contributed by atoms with Gasteiger partial charge < -0.3 is 10.1 Å². The highest BCUT2D eigenvalue weighted by molar-refractivity contribution is 5.47. The SMILES string of the molecule is c1ccc(CCCNc2ccc(Oc3ccccc3)cc2)cc1. The van der Waals surface area contributed by atoms with E-state index in [1.807, 2.05) is 42.5 Å². The minimum Gasteiger partial charge on any atom is -0.457 e. The van der Waals surface area contributed by atoms with Crippen LogP contribution in [0.4, 0.5) is 5.69 Å². The second-order valence-electron chi connectivity index (χ2n) is 5.46. The number of hydrogen-bond acceptors (Lipinski definition) is 2. The molecule has 0 spiro atoms. The Kier molecular flexibility index (Phi) is 5.30. The van der Waals surface area contributed by atoms with E-state index in [1.54, 1.807) is 0 Å². The minimum atomic E-state index is 0.853. The van der Waals surface area contributed by atoms with E-state index < -0.39 is 0 Å². The zero-order valence-electron chi connectivity index (χ0n) is 13.1. The summed E-state index contributed by atoms with van der Waals surface area (Å²) in [6, 6.07) is 28.5. The molecule has 0 heterocycles. The van der Waals surface area contributed by atoms with Crippen LogP contribution in [0.25, 0.3) is 0 Å². The summed E-state index contributed by atoms with van der Waals surface area (Å²) in [5.41, 5.74) is 2.51. The minimum absolute atomic E-state index is 0.853. The van der Waals surface area contributed by atoms with Crippen molar-refractivity contribution in [3.63, 3.8) is 0 Å². The van der Waals surface area contributed by atoms with E-state index in [9.17, 15) is 0 Å². The molecule has 0 bridgehead atoms. The molecule has 1 N–H and O–H groups in total. The van der Waals surface area contributed by atoms with Crippen molar-refractivity contribution < 1.29 is 4.74 Å². The van der Waals surface area contributed by atoms with E-state index in [-0.39, 0.29) is 0 Å². The van der Waals surface area contributed by atoms with Gasteiger partial charge in [-0.1, -0.05) is 48.5 Å². The van der Waals surface area contributed by atoms with Gasteiger partial charge in [-0.05, 0) is 54.8 Å². The van der Waals surface area contributed by atoms with Crippen molar-refractivity contribution in [2.75, 3.05) is 11.9 Å². The van der Waals surface area contributed by atoms with Crippen LogP contribution in [0, 0.1) is 0 Å². The van der Waals surface area contributed by atoms with Crippen molar-refractivity contribution in [3.8, 4) is 11.5 Å². The van der Waals surface area contributed by atoms with Gasteiger partial charge in [0.05, 0.1) is 0 Å². The fraction of sp³-hybridized carbons (Fsp3) is 0.143. The lowest BCUT2D eigenvalue weighted by molar-refractivity contribution is 0.483. The lowest BCUT2D eigenvalue weighted by Crippen LogP contribution is -2.02. The molecule has 0 aliphatic rings. The molecule has 0 unspecified atom stereocenters. The Morgan fingerprint density at radius 2 is 1.26 bits per heavy atom. The summed E-state index contributed by atoms with van der Waals surface area (Å²) < 4.78 is 5.79. The molecule has 0 amide bonds. The van der Waals surface area contributed by atoms with Crippen LogP contribution in [0.2, 0.25) is 0 Å². The second-order valence-corrected chi connectivity index (χ2v) is 5.46. The molecule has 3 aromatic carbocycles. The van der Waals surface area contributed by atoms with Crippen LogP contribution in [-0.2, 0) is 6.42 Å². The predicted octanol–water partition coefficient (Wildman–Crippen LogP) is 5.52. The zero-order valence-corrected chi connectivity index (χ0v) is 13.1. The van der Waals surface area contributed by atoms with Crippen LogP contribution < -0.4 is 10.1 Å². The number of hydrogen-bond donors (Lipinski definition) is 1. The third-order valence-electron chi connectivity index (χ3n) is 3.65. The van der Waals surface area contributed by atoms with Crippen LogP contribution in [0.3, 0.4) is 0 Å². The first-order valence-corrected chi connectivity index (χ1v) is 8.01. The van der Waals surface area contributed by atoms with Gasteiger partial charge in [0, 0.05) is 12.2 Å². The number of rotatable bonds is 7. The van der Waals surface area contributed by atoms with Crippen LogP contribution in [0.1, 0.15) is 12.0 Å². The first-order valence-electron chi connectivity index (χ1n) is 8.01. The number of aryl methyl sites for hydroxylation is 1. The summed E-state index contributed by atoms with van der Waals surface area (Å²) in [6.07, 6.45) is 2.22. The molecule has 23 heavy (non-hydrogen) atoms.